The Balaban J connectivity index is 1.79. The predicted molar refractivity (Wildman–Crippen MR) is 83.0 cm³/mol. The van der Waals surface area contributed by atoms with E-state index in [2.05, 4.69) is 36.2 Å². The molecule has 0 atom stereocenters. The first kappa shape index (κ1) is 15.5. The number of aryl methyl sites for hydroxylation is 1. The van der Waals surface area contributed by atoms with Crippen LogP contribution < -0.4 is 10.1 Å². The molecule has 21 heavy (non-hydrogen) atoms. The lowest BCUT2D eigenvalue weighted by Crippen LogP contribution is -2.19. The van der Waals surface area contributed by atoms with Crippen molar-refractivity contribution in [1.29, 1.82) is 0 Å². The van der Waals surface area contributed by atoms with Gasteiger partial charge in [-0.25, -0.2) is 0 Å². The van der Waals surface area contributed by atoms with E-state index in [0.29, 0.717) is 12.5 Å². The maximum Gasteiger partial charge on any atom is 0.138 e. The molecular formula is C16H24N4O. The Morgan fingerprint density at radius 1 is 1.29 bits per heavy atom. The molecule has 5 nitrogen and oxygen atoms in total. The number of rotatable bonds is 8. The molecule has 0 aromatic carbocycles. The van der Waals surface area contributed by atoms with Crippen molar-refractivity contribution in [1.82, 2.24) is 20.1 Å². The highest BCUT2D eigenvalue weighted by molar-refractivity contribution is 5.20. The third kappa shape index (κ3) is 5.19. The van der Waals surface area contributed by atoms with Gasteiger partial charge < -0.3 is 10.1 Å². The van der Waals surface area contributed by atoms with Crippen LogP contribution in [0.2, 0.25) is 0 Å². The van der Waals surface area contributed by atoms with Crippen molar-refractivity contribution < 1.29 is 4.74 Å². The molecule has 114 valence electrons. The zero-order chi connectivity index (χ0) is 15.1. The van der Waals surface area contributed by atoms with Gasteiger partial charge in [0.2, 0.25) is 0 Å². The summed E-state index contributed by atoms with van der Waals surface area (Å²) in [6.07, 6.45) is 5.61. The van der Waals surface area contributed by atoms with Crippen molar-refractivity contribution in [2.24, 2.45) is 5.92 Å². The Kier molecular flexibility index (Phi) is 5.75. The van der Waals surface area contributed by atoms with Gasteiger partial charge in [-0.05, 0) is 31.5 Å². The van der Waals surface area contributed by atoms with E-state index in [0.717, 1.165) is 36.6 Å². The lowest BCUT2D eigenvalue weighted by atomic mass is 10.2. The second kappa shape index (κ2) is 7.78. The van der Waals surface area contributed by atoms with Crippen LogP contribution in [-0.2, 0) is 19.7 Å². The second-order valence-electron chi connectivity index (χ2n) is 5.50. The third-order valence-electron chi connectivity index (χ3n) is 3.07. The van der Waals surface area contributed by atoms with Gasteiger partial charge in [0.15, 0.2) is 0 Å². The van der Waals surface area contributed by atoms with Gasteiger partial charge in [0.05, 0.1) is 18.1 Å². The van der Waals surface area contributed by atoms with Crippen LogP contribution >= 0.6 is 0 Å². The lowest BCUT2D eigenvalue weighted by Gasteiger charge is -2.08. The van der Waals surface area contributed by atoms with Crippen molar-refractivity contribution in [3.05, 3.63) is 42.0 Å². The maximum absolute atomic E-state index is 5.71. The zero-order valence-electron chi connectivity index (χ0n) is 13.0. The molecule has 0 aliphatic heterocycles. The minimum atomic E-state index is 0.520. The molecule has 0 fully saturated rings. The number of hydrogen-bond acceptors (Lipinski definition) is 4. The number of ether oxygens (including phenoxy) is 1. The highest BCUT2D eigenvalue weighted by Gasteiger charge is 2.01. The van der Waals surface area contributed by atoms with Gasteiger partial charge in [-0.2, -0.15) is 5.10 Å². The van der Waals surface area contributed by atoms with Crippen LogP contribution in [0.25, 0.3) is 0 Å². The van der Waals surface area contributed by atoms with E-state index in [9.17, 15) is 0 Å². The van der Waals surface area contributed by atoms with E-state index >= 15 is 0 Å². The molecule has 0 saturated carbocycles. The Morgan fingerprint density at radius 3 is 2.76 bits per heavy atom. The molecule has 0 amide bonds. The van der Waals surface area contributed by atoms with E-state index < -0.39 is 0 Å². The van der Waals surface area contributed by atoms with Crippen LogP contribution in [0.4, 0.5) is 0 Å². The number of nitrogens with one attached hydrogen (secondary N) is 1. The fraction of sp³-hybridized carbons (Fsp3) is 0.500. The SMILES string of the molecule is CCn1cc(COc2ccc(CNCC(C)C)nc2)cn1. The molecule has 0 spiro atoms. The van der Waals surface area contributed by atoms with Crippen molar-refractivity contribution >= 4 is 0 Å². The summed E-state index contributed by atoms with van der Waals surface area (Å²) in [5.41, 5.74) is 2.10. The summed E-state index contributed by atoms with van der Waals surface area (Å²) in [7, 11) is 0. The normalized spacial score (nSPS) is 11.0. The van der Waals surface area contributed by atoms with Crippen molar-refractivity contribution in [2.45, 2.75) is 40.5 Å². The zero-order valence-corrected chi connectivity index (χ0v) is 13.0. The third-order valence-corrected chi connectivity index (χ3v) is 3.07. The summed E-state index contributed by atoms with van der Waals surface area (Å²) in [5.74, 6) is 1.43. The molecule has 2 rings (SSSR count). The standard InChI is InChI=1S/C16H24N4O/c1-4-20-11-14(8-19-20)12-21-16-6-5-15(18-10-16)9-17-7-13(2)3/h5-6,8,10-11,13,17H,4,7,9,12H2,1-3H3. The Morgan fingerprint density at radius 2 is 2.14 bits per heavy atom. The first-order valence-electron chi connectivity index (χ1n) is 7.47. The average molecular weight is 288 g/mol. The van der Waals surface area contributed by atoms with E-state index in [1.54, 1.807) is 6.20 Å². The van der Waals surface area contributed by atoms with Gasteiger partial charge in [0, 0.05) is 24.8 Å². The molecule has 0 aliphatic carbocycles. The molecule has 0 saturated heterocycles. The molecule has 0 radical (unpaired) electrons. The first-order chi connectivity index (χ1) is 10.2. The fourth-order valence-corrected chi connectivity index (χ4v) is 1.91. The molecule has 0 aliphatic rings. The monoisotopic (exact) mass is 288 g/mol. The quantitative estimate of drug-likeness (QED) is 0.811. The van der Waals surface area contributed by atoms with Crippen LogP contribution in [0, 0.1) is 5.92 Å². The van der Waals surface area contributed by atoms with Crippen LogP contribution in [0.5, 0.6) is 5.75 Å². The lowest BCUT2D eigenvalue weighted by molar-refractivity contribution is 0.304. The summed E-state index contributed by atoms with van der Waals surface area (Å²) in [4.78, 5) is 4.40. The van der Waals surface area contributed by atoms with Gasteiger partial charge >= 0.3 is 0 Å². The number of aromatic nitrogens is 3. The van der Waals surface area contributed by atoms with Gasteiger partial charge in [0.25, 0.3) is 0 Å². The van der Waals surface area contributed by atoms with Crippen LogP contribution in [0.1, 0.15) is 32.0 Å². The summed E-state index contributed by atoms with van der Waals surface area (Å²) in [5, 5.41) is 7.60. The van der Waals surface area contributed by atoms with Crippen molar-refractivity contribution in [3.8, 4) is 5.75 Å². The van der Waals surface area contributed by atoms with Crippen LogP contribution in [0.3, 0.4) is 0 Å². The Labute approximate surface area is 126 Å². The van der Waals surface area contributed by atoms with Gasteiger partial charge in [0.1, 0.15) is 12.4 Å². The summed E-state index contributed by atoms with van der Waals surface area (Å²) < 4.78 is 7.60. The molecule has 2 heterocycles. The smallest absolute Gasteiger partial charge is 0.138 e. The number of hydrogen-bond donors (Lipinski definition) is 1. The Hall–Kier alpha value is -1.88. The number of nitrogens with zero attached hydrogens (tertiary/aromatic N) is 3. The van der Waals surface area contributed by atoms with Gasteiger partial charge in [-0.1, -0.05) is 13.8 Å². The van der Waals surface area contributed by atoms with Gasteiger partial charge in [-0.3, -0.25) is 9.67 Å². The molecular weight excluding hydrogens is 264 g/mol. The highest BCUT2D eigenvalue weighted by Crippen LogP contribution is 2.11. The van der Waals surface area contributed by atoms with E-state index in [-0.39, 0.29) is 0 Å². The summed E-state index contributed by atoms with van der Waals surface area (Å²) in [6.45, 7) is 9.64. The average Bonchev–Trinajstić information content (AvgIpc) is 2.94. The maximum atomic E-state index is 5.71. The predicted octanol–water partition coefficient (Wildman–Crippen LogP) is 2.62. The van der Waals surface area contributed by atoms with Gasteiger partial charge in [-0.15, -0.1) is 0 Å². The first-order valence-corrected chi connectivity index (χ1v) is 7.47. The summed E-state index contributed by atoms with van der Waals surface area (Å²) in [6, 6.07) is 3.96. The largest absolute Gasteiger partial charge is 0.487 e. The fourth-order valence-electron chi connectivity index (χ4n) is 1.91. The molecule has 2 aromatic rings. The van der Waals surface area contributed by atoms with E-state index in [1.807, 2.05) is 29.2 Å². The molecule has 5 heteroatoms. The molecule has 2 aromatic heterocycles. The Bertz CT molecular complexity index is 533. The molecule has 1 N–H and O–H groups in total. The van der Waals surface area contributed by atoms with Crippen molar-refractivity contribution in [2.75, 3.05) is 6.54 Å². The summed E-state index contributed by atoms with van der Waals surface area (Å²) >= 11 is 0. The molecule has 0 unspecified atom stereocenters. The number of pyridine rings is 1. The van der Waals surface area contributed by atoms with Crippen LogP contribution in [-0.4, -0.2) is 21.3 Å². The minimum Gasteiger partial charge on any atom is -0.487 e. The van der Waals surface area contributed by atoms with E-state index in [1.165, 1.54) is 0 Å². The second-order valence-corrected chi connectivity index (χ2v) is 5.50. The topological polar surface area (TPSA) is 52.0 Å². The highest BCUT2D eigenvalue weighted by atomic mass is 16.5. The molecule has 0 bridgehead atoms. The minimum absolute atomic E-state index is 0.520. The van der Waals surface area contributed by atoms with E-state index in [4.69, 9.17) is 4.74 Å². The van der Waals surface area contributed by atoms with Crippen molar-refractivity contribution in [3.63, 3.8) is 0 Å². The van der Waals surface area contributed by atoms with Crippen LogP contribution in [0.15, 0.2) is 30.7 Å².